The number of aliphatic hydroxyl groups excluding tert-OH is 1. The van der Waals surface area contributed by atoms with Crippen LogP contribution in [0, 0.1) is 5.41 Å². The highest BCUT2D eigenvalue weighted by Crippen LogP contribution is 2.21. The first-order valence-corrected chi connectivity index (χ1v) is 6.67. The summed E-state index contributed by atoms with van der Waals surface area (Å²) in [5.74, 6) is -0.191. The van der Waals surface area contributed by atoms with Crippen LogP contribution in [0.25, 0.3) is 0 Å². The number of ether oxygens (including phenoxy) is 1. The van der Waals surface area contributed by atoms with Crippen LogP contribution in [0.2, 0.25) is 0 Å². The third kappa shape index (κ3) is 7.04. The smallest absolute Gasteiger partial charge is 0.387 e. The average Bonchev–Trinajstić information content (AvgIpc) is 2.33. The normalized spacial score (nSPS) is 13.1. The molecule has 0 spiro atoms. The molecule has 1 atom stereocenters. The third-order valence-corrected chi connectivity index (χ3v) is 2.65. The number of amides is 1. The summed E-state index contributed by atoms with van der Waals surface area (Å²) in [6, 6.07) is 5.79. The Morgan fingerprint density at radius 3 is 2.62 bits per heavy atom. The van der Waals surface area contributed by atoms with Crippen molar-refractivity contribution in [3.63, 3.8) is 0 Å². The van der Waals surface area contributed by atoms with Gasteiger partial charge >= 0.3 is 6.61 Å². The molecule has 0 fully saturated rings. The second-order valence-electron chi connectivity index (χ2n) is 6.01. The fraction of sp³-hybridized carbons (Fsp3) is 0.533. The monoisotopic (exact) mass is 301 g/mol. The average molecular weight is 301 g/mol. The summed E-state index contributed by atoms with van der Waals surface area (Å²) in [6.07, 6.45) is -0.635. The Kier molecular flexibility index (Phi) is 6.08. The quantitative estimate of drug-likeness (QED) is 0.849. The number of hydrogen-bond acceptors (Lipinski definition) is 3. The molecule has 1 aromatic carbocycles. The number of carbonyl (C=O) groups is 1. The Morgan fingerprint density at radius 2 is 2.05 bits per heavy atom. The van der Waals surface area contributed by atoms with Gasteiger partial charge in [0.2, 0.25) is 5.91 Å². The fourth-order valence-corrected chi connectivity index (χ4v) is 1.77. The first-order valence-electron chi connectivity index (χ1n) is 6.67. The van der Waals surface area contributed by atoms with Gasteiger partial charge in [-0.2, -0.15) is 8.78 Å². The Hall–Kier alpha value is -1.69. The van der Waals surface area contributed by atoms with Gasteiger partial charge in [-0.1, -0.05) is 32.9 Å². The van der Waals surface area contributed by atoms with Crippen LogP contribution in [0.3, 0.4) is 0 Å². The molecule has 0 saturated heterocycles. The number of nitrogens with one attached hydrogen (secondary N) is 1. The second-order valence-corrected chi connectivity index (χ2v) is 6.01. The van der Waals surface area contributed by atoms with Crippen molar-refractivity contribution < 1.29 is 23.4 Å². The minimum Gasteiger partial charge on any atom is -0.435 e. The van der Waals surface area contributed by atoms with Gasteiger partial charge in [0.1, 0.15) is 5.75 Å². The lowest BCUT2D eigenvalue weighted by atomic mass is 9.92. The largest absolute Gasteiger partial charge is 0.435 e. The number of benzene rings is 1. The topological polar surface area (TPSA) is 58.6 Å². The lowest BCUT2D eigenvalue weighted by Gasteiger charge is -2.18. The Bertz CT molecular complexity index is 472. The molecule has 1 rings (SSSR count). The molecule has 21 heavy (non-hydrogen) atoms. The molecule has 0 heterocycles. The van der Waals surface area contributed by atoms with E-state index in [1.165, 1.54) is 18.2 Å². The molecule has 2 N–H and O–H groups in total. The zero-order valence-electron chi connectivity index (χ0n) is 12.4. The predicted octanol–water partition coefficient (Wildman–Crippen LogP) is 2.87. The minimum atomic E-state index is -2.91. The fourth-order valence-electron chi connectivity index (χ4n) is 1.77. The van der Waals surface area contributed by atoms with Crippen LogP contribution in [-0.4, -0.2) is 24.2 Å². The first kappa shape index (κ1) is 17.4. The molecule has 0 aliphatic rings. The molecule has 1 aromatic rings. The lowest BCUT2D eigenvalue weighted by Crippen LogP contribution is -2.31. The van der Waals surface area contributed by atoms with E-state index in [4.69, 9.17) is 0 Å². The van der Waals surface area contributed by atoms with E-state index in [1.807, 2.05) is 20.8 Å². The van der Waals surface area contributed by atoms with E-state index in [-0.39, 0.29) is 23.6 Å². The molecule has 118 valence electrons. The summed E-state index contributed by atoms with van der Waals surface area (Å²) in [7, 11) is 0. The highest BCUT2D eigenvalue weighted by atomic mass is 19.3. The molecule has 4 nitrogen and oxygen atoms in total. The number of rotatable bonds is 6. The Labute approximate surface area is 123 Å². The van der Waals surface area contributed by atoms with Gasteiger partial charge in [0.05, 0.1) is 6.10 Å². The van der Waals surface area contributed by atoms with Gasteiger partial charge in [-0.3, -0.25) is 4.79 Å². The summed E-state index contributed by atoms with van der Waals surface area (Å²) >= 11 is 0. The standard InChI is InChI=1S/C15H21F2NO3/c1-15(2,3)8-13(20)18-9-12(19)10-5-4-6-11(7-10)21-14(16)17/h4-7,12,14,19H,8-9H2,1-3H3,(H,18,20). The first-order chi connectivity index (χ1) is 9.67. The lowest BCUT2D eigenvalue weighted by molar-refractivity contribution is -0.123. The minimum absolute atomic E-state index is 0.0209. The molecule has 1 unspecified atom stereocenters. The summed E-state index contributed by atoms with van der Waals surface area (Å²) in [6.45, 7) is 2.92. The van der Waals surface area contributed by atoms with Crippen LogP contribution in [0.4, 0.5) is 8.78 Å². The highest BCUT2D eigenvalue weighted by Gasteiger charge is 2.17. The van der Waals surface area contributed by atoms with E-state index < -0.39 is 12.7 Å². The number of carbonyl (C=O) groups excluding carboxylic acids is 1. The van der Waals surface area contributed by atoms with Crippen LogP contribution in [-0.2, 0) is 4.79 Å². The molecule has 0 aromatic heterocycles. The molecular weight excluding hydrogens is 280 g/mol. The molecule has 0 saturated carbocycles. The number of aliphatic hydroxyl groups is 1. The van der Waals surface area contributed by atoms with E-state index in [0.29, 0.717) is 12.0 Å². The van der Waals surface area contributed by atoms with Crippen molar-refractivity contribution in [2.45, 2.75) is 39.9 Å². The summed E-state index contributed by atoms with van der Waals surface area (Å²) < 4.78 is 28.5. The van der Waals surface area contributed by atoms with Gasteiger partial charge in [-0.25, -0.2) is 0 Å². The molecule has 1 amide bonds. The van der Waals surface area contributed by atoms with Crippen LogP contribution in [0.15, 0.2) is 24.3 Å². The maximum absolute atomic E-state index is 12.1. The molecular formula is C15H21F2NO3. The van der Waals surface area contributed by atoms with Crippen molar-refractivity contribution in [1.82, 2.24) is 5.32 Å². The summed E-state index contributed by atoms with van der Waals surface area (Å²) in [5.41, 5.74) is 0.268. The van der Waals surface area contributed by atoms with E-state index in [2.05, 4.69) is 10.1 Å². The van der Waals surface area contributed by atoms with Crippen LogP contribution < -0.4 is 10.1 Å². The maximum atomic E-state index is 12.1. The van der Waals surface area contributed by atoms with Crippen LogP contribution in [0.5, 0.6) is 5.75 Å². The van der Waals surface area contributed by atoms with E-state index in [1.54, 1.807) is 6.07 Å². The molecule has 0 aliphatic heterocycles. The van der Waals surface area contributed by atoms with Crippen LogP contribution >= 0.6 is 0 Å². The molecule has 6 heteroatoms. The predicted molar refractivity (Wildman–Crippen MR) is 75.1 cm³/mol. The van der Waals surface area contributed by atoms with Crippen molar-refractivity contribution in [3.05, 3.63) is 29.8 Å². The zero-order chi connectivity index (χ0) is 16.0. The van der Waals surface area contributed by atoms with Gasteiger partial charge in [0.25, 0.3) is 0 Å². The SMILES string of the molecule is CC(C)(C)CC(=O)NCC(O)c1cccc(OC(F)F)c1. The number of hydrogen-bond donors (Lipinski definition) is 2. The van der Waals surface area contributed by atoms with Crippen LogP contribution in [0.1, 0.15) is 38.9 Å². The van der Waals surface area contributed by atoms with Gasteiger partial charge in [0, 0.05) is 13.0 Å². The maximum Gasteiger partial charge on any atom is 0.387 e. The van der Waals surface area contributed by atoms with E-state index in [0.717, 1.165) is 0 Å². The van der Waals surface area contributed by atoms with Gasteiger partial charge in [0.15, 0.2) is 0 Å². The van der Waals surface area contributed by atoms with Gasteiger partial charge in [-0.05, 0) is 23.1 Å². The van der Waals surface area contributed by atoms with Gasteiger partial charge in [-0.15, -0.1) is 0 Å². The van der Waals surface area contributed by atoms with Gasteiger partial charge < -0.3 is 15.2 Å². The number of alkyl halides is 2. The third-order valence-electron chi connectivity index (χ3n) is 2.65. The van der Waals surface area contributed by atoms with Crippen molar-refractivity contribution in [1.29, 1.82) is 0 Å². The van der Waals surface area contributed by atoms with Crippen molar-refractivity contribution in [2.24, 2.45) is 5.41 Å². The van der Waals surface area contributed by atoms with E-state index >= 15 is 0 Å². The highest BCUT2D eigenvalue weighted by molar-refractivity contribution is 5.76. The molecule has 0 radical (unpaired) electrons. The van der Waals surface area contributed by atoms with Crippen molar-refractivity contribution >= 4 is 5.91 Å². The Morgan fingerprint density at radius 1 is 1.38 bits per heavy atom. The summed E-state index contributed by atoms with van der Waals surface area (Å²) in [5, 5.41) is 12.6. The number of halogens is 2. The summed E-state index contributed by atoms with van der Waals surface area (Å²) in [4.78, 5) is 11.7. The zero-order valence-corrected chi connectivity index (χ0v) is 12.4. The van der Waals surface area contributed by atoms with E-state index in [9.17, 15) is 18.7 Å². The second kappa shape index (κ2) is 7.36. The van der Waals surface area contributed by atoms with Crippen molar-refractivity contribution in [3.8, 4) is 5.75 Å². The van der Waals surface area contributed by atoms with Crippen molar-refractivity contribution in [2.75, 3.05) is 6.54 Å². The molecule has 0 bridgehead atoms. The Balaban J connectivity index is 2.55. The molecule has 0 aliphatic carbocycles.